The number of aliphatic hydroxyl groups excluding tert-OH is 4. The molecule has 6 heteroatoms. The van der Waals surface area contributed by atoms with Gasteiger partial charge in [0.05, 0.1) is 18.8 Å². The molecular formula is C38H75NO5. The van der Waals surface area contributed by atoms with Gasteiger partial charge in [-0.1, -0.05) is 167 Å². The van der Waals surface area contributed by atoms with E-state index in [4.69, 9.17) is 0 Å². The van der Waals surface area contributed by atoms with Crippen molar-refractivity contribution in [2.75, 3.05) is 6.61 Å². The lowest BCUT2D eigenvalue weighted by atomic mass is 10.00. The topological polar surface area (TPSA) is 110 Å². The molecule has 0 aromatic rings. The molecule has 6 nitrogen and oxygen atoms in total. The van der Waals surface area contributed by atoms with Gasteiger partial charge in [-0.2, -0.15) is 0 Å². The minimum atomic E-state index is -1.27. The average Bonchev–Trinajstić information content (AvgIpc) is 3.03. The zero-order chi connectivity index (χ0) is 32.5. The SMILES string of the molecule is CCCCCC/C=C/CCCC(O)C(O)C(CO)NC(=O)C(O)CCCCCCCCCCCCCCCCCCCCC. The molecule has 0 heterocycles. The molecule has 262 valence electrons. The maximum Gasteiger partial charge on any atom is 0.249 e. The first-order chi connectivity index (χ1) is 21.5. The van der Waals surface area contributed by atoms with Gasteiger partial charge >= 0.3 is 0 Å². The Labute approximate surface area is 272 Å². The number of aliphatic hydroxyl groups is 4. The summed E-state index contributed by atoms with van der Waals surface area (Å²) >= 11 is 0. The lowest BCUT2D eigenvalue weighted by molar-refractivity contribution is -0.132. The number of carbonyl (C=O) groups is 1. The second kappa shape index (κ2) is 33.4. The predicted molar refractivity (Wildman–Crippen MR) is 187 cm³/mol. The first-order valence-corrected chi connectivity index (χ1v) is 19.1. The van der Waals surface area contributed by atoms with Crippen molar-refractivity contribution in [1.82, 2.24) is 5.32 Å². The van der Waals surface area contributed by atoms with Gasteiger partial charge in [0.15, 0.2) is 0 Å². The van der Waals surface area contributed by atoms with Crippen LogP contribution in [0.15, 0.2) is 12.2 Å². The van der Waals surface area contributed by atoms with Crippen LogP contribution in [0.25, 0.3) is 0 Å². The molecule has 0 aromatic carbocycles. The number of hydrogen-bond acceptors (Lipinski definition) is 5. The molecule has 0 rings (SSSR count). The highest BCUT2D eigenvalue weighted by Crippen LogP contribution is 2.16. The van der Waals surface area contributed by atoms with Gasteiger partial charge in [0.1, 0.15) is 12.2 Å². The highest BCUT2D eigenvalue weighted by atomic mass is 16.3. The van der Waals surface area contributed by atoms with Crippen LogP contribution in [0.5, 0.6) is 0 Å². The molecule has 0 aliphatic carbocycles. The van der Waals surface area contributed by atoms with E-state index in [1.54, 1.807) is 0 Å². The standard InChI is InChI=1S/C38H75NO5/c1-3-5-7-9-11-13-14-15-16-17-18-19-20-21-22-24-26-28-30-32-36(42)38(44)39-34(33-40)37(43)35(41)31-29-27-25-23-12-10-8-6-4-2/h23,25,34-37,40-43H,3-22,24,26-33H2,1-2H3,(H,39,44)/b25-23+. The Morgan fingerprint density at radius 3 is 1.36 bits per heavy atom. The third kappa shape index (κ3) is 27.4. The number of rotatable bonds is 34. The van der Waals surface area contributed by atoms with E-state index < -0.39 is 36.9 Å². The fourth-order valence-electron chi connectivity index (χ4n) is 5.87. The van der Waals surface area contributed by atoms with Crippen LogP contribution in [0.3, 0.4) is 0 Å². The van der Waals surface area contributed by atoms with Gasteiger partial charge in [0, 0.05) is 0 Å². The zero-order valence-corrected chi connectivity index (χ0v) is 29.2. The lowest BCUT2D eigenvalue weighted by Crippen LogP contribution is -2.53. The van der Waals surface area contributed by atoms with E-state index in [0.29, 0.717) is 12.8 Å². The molecule has 0 radical (unpaired) electrons. The van der Waals surface area contributed by atoms with Crippen molar-refractivity contribution in [1.29, 1.82) is 0 Å². The summed E-state index contributed by atoms with van der Waals surface area (Å²) in [5.74, 6) is -0.594. The number of carbonyl (C=O) groups excluding carboxylic acids is 1. The largest absolute Gasteiger partial charge is 0.394 e. The molecule has 0 aliphatic heterocycles. The fraction of sp³-hybridized carbons (Fsp3) is 0.921. The molecule has 5 N–H and O–H groups in total. The second-order valence-corrected chi connectivity index (χ2v) is 13.3. The van der Waals surface area contributed by atoms with Crippen molar-refractivity contribution >= 4 is 5.91 Å². The summed E-state index contributed by atoms with van der Waals surface area (Å²) in [6.07, 6.45) is 33.9. The first-order valence-electron chi connectivity index (χ1n) is 19.1. The first kappa shape index (κ1) is 43.0. The van der Waals surface area contributed by atoms with Crippen LogP contribution < -0.4 is 5.32 Å². The molecule has 0 saturated carbocycles. The Morgan fingerprint density at radius 2 is 0.932 bits per heavy atom. The van der Waals surface area contributed by atoms with Crippen molar-refractivity contribution in [2.45, 2.75) is 218 Å². The summed E-state index contributed by atoms with van der Waals surface area (Å²) in [5, 5.41) is 43.3. The van der Waals surface area contributed by atoms with Gasteiger partial charge in [0.25, 0.3) is 0 Å². The lowest BCUT2D eigenvalue weighted by Gasteiger charge is -2.27. The highest BCUT2D eigenvalue weighted by Gasteiger charge is 2.28. The number of unbranched alkanes of at least 4 members (excludes halogenated alkanes) is 23. The van der Waals surface area contributed by atoms with Crippen molar-refractivity contribution < 1.29 is 25.2 Å². The molecule has 0 bridgehead atoms. The summed E-state index contributed by atoms with van der Waals surface area (Å²) in [6.45, 7) is 3.99. The van der Waals surface area contributed by atoms with E-state index in [1.807, 2.05) is 0 Å². The molecule has 0 aromatic heterocycles. The van der Waals surface area contributed by atoms with Gasteiger partial charge in [-0.05, 0) is 38.5 Å². The van der Waals surface area contributed by atoms with Gasteiger partial charge in [-0.15, -0.1) is 0 Å². The molecule has 1 amide bonds. The maximum atomic E-state index is 12.4. The predicted octanol–water partition coefficient (Wildman–Crippen LogP) is 9.07. The van der Waals surface area contributed by atoms with E-state index in [2.05, 4.69) is 31.3 Å². The summed E-state index contributed by atoms with van der Waals surface area (Å²) < 4.78 is 0. The quantitative estimate of drug-likeness (QED) is 0.0362. The molecule has 0 fully saturated rings. The van der Waals surface area contributed by atoms with Crippen molar-refractivity contribution in [2.24, 2.45) is 0 Å². The van der Waals surface area contributed by atoms with Gasteiger partial charge in [-0.3, -0.25) is 4.79 Å². The van der Waals surface area contributed by atoms with Crippen LogP contribution in [-0.2, 0) is 4.79 Å². The minimum Gasteiger partial charge on any atom is -0.394 e. The smallest absolute Gasteiger partial charge is 0.249 e. The Bertz CT molecular complexity index is 628. The number of hydrogen-bond donors (Lipinski definition) is 5. The normalized spacial score (nSPS) is 14.6. The van der Waals surface area contributed by atoms with Crippen LogP contribution in [0.4, 0.5) is 0 Å². The monoisotopic (exact) mass is 626 g/mol. The van der Waals surface area contributed by atoms with Gasteiger partial charge in [-0.25, -0.2) is 0 Å². The van der Waals surface area contributed by atoms with Crippen LogP contribution in [0, 0.1) is 0 Å². The number of amides is 1. The molecule has 44 heavy (non-hydrogen) atoms. The molecule has 0 aliphatic rings. The second-order valence-electron chi connectivity index (χ2n) is 13.3. The minimum absolute atomic E-state index is 0.367. The Morgan fingerprint density at radius 1 is 0.545 bits per heavy atom. The van der Waals surface area contributed by atoms with E-state index in [9.17, 15) is 25.2 Å². The molecule has 0 spiro atoms. The van der Waals surface area contributed by atoms with Crippen molar-refractivity contribution in [3.05, 3.63) is 12.2 Å². The highest BCUT2D eigenvalue weighted by molar-refractivity contribution is 5.80. The molecule has 4 atom stereocenters. The van der Waals surface area contributed by atoms with Crippen molar-refractivity contribution in [3.8, 4) is 0 Å². The maximum absolute atomic E-state index is 12.4. The average molecular weight is 626 g/mol. The summed E-state index contributed by atoms with van der Waals surface area (Å²) in [7, 11) is 0. The van der Waals surface area contributed by atoms with E-state index in [1.165, 1.54) is 128 Å². The third-order valence-corrected chi connectivity index (χ3v) is 8.98. The van der Waals surface area contributed by atoms with Crippen molar-refractivity contribution in [3.63, 3.8) is 0 Å². The zero-order valence-electron chi connectivity index (χ0n) is 29.2. The van der Waals surface area contributed by atoms with Crippen LogP contribution >= 0.6 is 0 Å². The van der Waals surface area contributed by atoms with E-state index >= 15 is 0 Å². The van der Waals surface area contributed by atoms with Crippen LogP contribution in [0.2, 0.25) is 0 Å². The Kier molecular flexibility index (Phi) is 32.7. The third-order valence-electron chi connectivity index (χ3n) is 8.98. The molecule has 4 unspecified atom stereocenters. The van der Waals surface area contributed by atoms with Gasteiger partial charge in [0.2, 0.25) is 5.91 Å². The number of nitrogens with one attached hydrogen (secondary N) is 1. The fourth-order valence-corrected chi connectivity index (χ4v) is 5.87. The number of allylic oxidation sites excluding steroid dienone is 2. The molecule has 0 saturated heterocycles. The Balaban J connectivity index is 3.74. The van der Waals surface area contributed by atoms with Crippen LogP contribution in [0.1, 0.15) is 194 Å². The van der Waals surface area contributed by atoms with E-state index in [-0.39, 0.29) is 0 Å². The van der Waals surface area contributed by atoms with E-state index in [0.717, 1.165) is 38.5 Å². The summed E-state index contributed by atoms with van der Waals surface area (Å²) in [4.78, 5) is 12.4. The summed E-state index contributed by atoms with van der Waals surface area (Å²) in [5.41, 5.74) is 0. The summed E-state index contributed by atoms with van der Waals surface area (Å²) in [6, 6.07) is -0.994. The van der Waals surface area contributed by atoms with Crippen LogP contribution in [-0.4, -0.2) is 57.3 Å². The van der Waals surface area contributed by atoms with Gasteiger partial charge < -0.3 is 25.7 Å². The Hall–Kier alpha value is -0.950. The molecular weight excluding hydrogens is 550 g/mol.